The fourth-order valence-electron chi connectivity index (χ4n) is 2.33. The molecule has 1 aromatic carbocycles. The first-order chi connectivity index (χ1) is 9.65. The molecule has 1 N–H and O–H groups in total. The van der Waals surface area contributed by atoms with Gasteiger partial charge >= 0.3 is 0 Å². The predicted octanol–water partition coefficient (Wildman–Crippen LogP) is 2.94. The molecule has 0 radical (unpaired) electrons. The lowest BCUT2D eigenvalue weighted by Crippen LogP contribution is -2.18. The molecule has 2 rings (SSSR count). The maximum absolute atomic E-state index is 12.9. The summed E-state index contributed by atoms with van der Waals surface area (Å²) in [4.78, 5) is 4.17. The van der Waals surface area contributed by atoms with Crippen molar-refractivity contribution >= 4 is 0 Å². The zero-order chi connectivity index (χ0) is 14.5. The van der Waals surface area contributed by atoms with E-state index in [-0.39, 0.29) is 11.7 Å². The molecule has 0 bridgehead atoms. The van der Waals surface area contributed by atoms with Gasteiger partial charge in [0.25, 0.3) is 0 Å². The number of hydrogen-bond acceptors (Lipinski definition) is 3. The molecule has 0 fully saturated rings. The number of benzene rings is 1. The molecule has 1 unspecified atom stereocenters. The molecule has 0 aliphatic heterocycles. The summed E-state index contributed by atoms with van der Waals surface area (Å²) in [5.41, 5.74) is 0.926. The molecule has 5 heteroatoms. The van der Waals surface area contributed by atoms with E-state index in [9.17, 15) is 9.50 Å². The second-order valence-electron chi connectivity index (χ2n) is 4.92. The third kappa shape index (κ3) is 3.22. The van der Waals surface area contributed by atoms with E-state index in [1.54, 1.807) is 16.8 Å². The van der Waals surface area contributed by atoms with Crippen LogP contribution in [-0.2, 0) is 6.54 Å². The van der Waals surface area contributed by atoms with E-state index < -0.39 is 6.10 Å². The molecule has 1 aromatic heterocycles. The monoisotopic (exact) mass is 277 g/mol. The van der Waals surface area contributed by atoms with E-state index in [1.165, 1.54) is 18.5 Å². The Morgan fingerprint density at radius 1 is 1.20 bits per heavy atom. The molecule has 0 aliphatic carbocycles. The molecule has 0 saturated heterocycles. The summed E-state index contributed by atoms with van der Waals surface area (Å²) in [6.07, 6.45) is 2.61. The van der Waals surface area contributed by atoms with E-state index in [0.717, 1.165) is 18.4 Å². The van der Waals surface area contributed by atoms with Crippen molar-refractivity contribution in [1.82, 2.24) is 14.8 Å². The van der Waals surface area contributed by atoms with Crippen LogP contribution in [0, 0.1) is 11.7 Å². The summed E-state index contributed by atoms with van der Waals surface area (Å²) in [5.74, 6) is 0.485. The average molecular weight is 277 g/mol. The molecule has 108 valence electrons. The van der Waals surface area contributed by atoms with Crippen LogP contribution < -0.4 is 0 Å². The Labute approximate surface area is 118 Å². The van der Waals surface area contributed by atoms with Gasteiger partial charge in [-0.15, -0.1) is 0 Å². The third-order valence-corrected chi connectivity index (χ3v) is 3.65. The van der Waals surface area contributed by atoms with Crippen molar-refractivity contribution in [3.63, 3.8) is 0 Å². The minimum Gasteiger partial charge on any atom is -0.385 e. The number of aromatic nitrogens is 3. The highest BCUT2D eigenvalue weighted by atomic mass is 19.1. The van der Waals surface area contributed by atoms with Gasteiger partial charge in [-0.2, -0.15) is 5.10 Å². The molecule has 20 heavy (non-hydrogen) atoms. The van der Waals surface area contributed by atoms with Crippen LogP contribution in [0.5, 0.6) is 0 Å². The Hall–Kier alpha value is -1.75. The smallest absolute Gasteiger partial charge is 0.156 e. The molecular weight excluding hydrogens is 257 g/mol. The summed E-state index contributed by atoms with van der Waals surface area (Å²) >= 11 is 0. The van der Waals surface area contributed by atoms with Crippen molar-refractivity contribution in [2.24, 2.45) is 5.92 Å². The van der Waals surface area contributed by atoms with Gasteiger partial charge in [-0.1, -0.05) is 38.8 Å². The molecule has 0 aliphatic rings. The number of hydrogen-bond donors (Lipinski definition) is 1. The Bertz CT molecular complexity index is 534. The van der Waals surface area contributed by atoms with Gasteiger partial charge in [-0.3, -0.25) is 0 Å². The summed E-state index contributed by atoms with van der Waals surface area (Å²) < 4.78 is 14.6. The number of rotatable bonds is 6. The van der Waals surface area contributed by atoms with Gasteiger partial charge in [0.05, 0.1) is 6.54 Å². The summed E-state index contributed by atoms with van der Waals surface area (Å²) in [6.45, 7) is 4.59. The molecule has 1 atom stereocenters. The van der Waals surface area contributed by atoms with E-state index >= 15 is 0 Å². The van der Waals surface area contributed by atoms with Crippen LogP contribution >= 0.6 is 0 Å². The standard InChI is InChI=1S/C15H20FN3O/c1-3-12(4-2)14(20)15-17-10-18-19(15)9-11-5-7-13(16)8-6-11/h5-8,10,12,14,20H,3-4,9H2,1-2H3. The molecule has 2 aromatic rings. The van der Waals surface area contributed by atoms with Crippen molar-refractivity contribution in [3.05, 3.63) is 47.8 Å². The van der Waals surface area contributed by atoms with E-state index in [1.807, 2.05) is 0 Å². The highest BCUT2D eigenvalue weighted by Gasteiger charge is 2.22. The van der Waals surface area contributed by atoms with Gasteiger partial charge in [0, 0.05) is 0 Å². The molecular formula is C15H20FN3O. The first kappa shape index (κ1) is 14.7. The number of aliphatic hydroxyl groups is 1. The summed E-state index contributed by atoms with van der Waals surface area (Å²) in [7, 11) is 0. The Morgan fingerprint density at radius 2 is 1.85 bits per heavy atom. The van der Waals surface area contributed by atoms with Gasteiger partial charge < -0.3 is 5.11 Å². The lowest BCUT2D eigenvalue weighted by molar-refractivity contribution is 0.0904. The highest BCUT2D eigenvalue weighted by molar-refractivity contribution is 5.16. The third-order valence-electron chi connectivity index (χ3n) is 3.65. The van der Waals surface area contributed by atoms with Gasteiger partial charge in [-0.05, 0) is 23.6 Å². The number of aliphatic hydroxyl groups excluding tert-OH is 1. The van der Waals surface area contributed by atoms with Crippen molar-refractivity contribution < 1.29 is 9.50 Å². The van der Waals surface area contributed by atoms with Crippen LogP contribution in [0.3, 0.4) is 0 Å². The zero-order valence-corrected chi connectivity index (χ0v) is 11.8. The van der Waals surface area contributed by atoms with Crippen molar-refractivity contribution in [2.75, 3.05) is 0 Å². The largest absolute Gasteiger partial charge is 0.385 e. The van der Waals surface area contributed by atoms with Crippen LogP contribution in [0.1, 0.15) is 44.2 Å². The molecule has 0 amide bonds. The van der Waals surface area contributed by atoms with Crippen molar-refractivity contribution in [1.29, 1.82) is 0 Å². The maximum atomic E-state index is 12.9. The average Bonchev–Trinajstić information content (AvgIpc) is 2.90. The van der Waals surface area contributed by atoms with Crippen LogP contribution in [-0.4, -0.2) is 19.9 Å². The van der Waals surface area contributed by atoms with E-state index in [2.05, 4.69) is 23.9 Å². The van der Waals surface area contributed by atoms with E-state index in [4.69, 9.17) is 0 Å². The lowest BCUT2D eigenvalue weighted by atomic mass is 9.96. The normalized spacial score (nSPS) is 12.8. The first-order valence-corrected chi connectivity index (χ1v) is 6.95. The minimum atomic E-state index is -0.618. The van der Waals surface area contributed by atoms with Crippen LogP contribution in [0.15, 0.2) is 30.6 Å². The highest BCUT2D eigenvalue weighted by Crippen LogP contribution is 2.25. The SMILES string of the molecule is CCC(CC)C(O)c1ncnn1Cc1ccc(F)cc1. The Morgan fingerprint density at radius 3 is 2.45 bits per heavy atom. The van der Waals surface area contributed by atoms with Crippen molar-refractivity contribution in [3.8, 4) is 0 Å². The molecule has 1 heterocycles. The quantitative estimate of drug-likeness (QED) is 0.883. The first-order valence-electron chi connectivity index (χ1n) is 6.95. The van der Waals surface area contributed by atoms with Crippen LogP contribution in [0.25, 0.3) is 0 Å². The van der Waals surface area contributed by atoms with Crippen molar-refractivity contribution in [2.45, 2.75) is 39.3 Å². The molecule has 0 spiro atoms. The van der Waals surface area contributed by atoms with Gasteiger partial charge in [-0.25, -0.2) is 14.1 Å². The van der Waals surface area contributed by atoms with Gasteiger partial charge in [0.1, 0.15) is 18.2 Å². The molecule has 4 nitrogen and oxygen atoms in total. The Balaban J connectivity index is 2.18. The predicted molar refractivity (Wildman–Crippen MR) is 74.6 cm³/mol. The maximum Gasteiger partial charge on any atom is 0.156 e. The number of halogens is 1. The topological polar surface area (TPSA) is 50.9 Å². The summed E-state index contributed by atoms with van der Waals surface area (Å²) in [5, 5.41) is 14.5. The second-order valence-corrected chi connectivity index (χ2v) is 4.92. The molecule has 0 saturated carbocycles. The fourth-order valence-corrected chi connectivity index (χ4v) is 2.33. The zero-order valence-electron chi connectivity index (χ0n) is 11.8. The summed E-state index contributed by atoms with van der Waals surface area (Å²) in [6, 6.07) is 6.26. The number of nitrogens with zero attached hydrogens (tertiary/aromatic N) is 3. The van der Waals surface area contributed by atoms with E-state index in [0.29, 0.717) is 12.4 Å². The van der Waals surface area contributed by atoms with Crippen LogP contribution in [0.4, 0.5) is 4.39 Å². The van der Waals surface area contributed by atoms with Gasteiger partial charge in [0.2, 0.25) is 0 Å². The van der Waals surface area contributed by atoms with Gasteiger partial charge in [0.15, 0.2) is 5.82 Å². The fraction of sp³-hybridized carbons (Fsp3) is 0.467. The minimum absolute atomic E-state index is 0.172. The Kier molecular flexibility index (Phi) is 4.84. The van der Waals surface area contributed by atoms with Crippen LogP contribution in [0.2, 0.25) is 0 Å². The lowest BCUT2D eigenvalue weighted by Gasteiger charge is -2.19. The second kappa shape index (κ2) is 6.61.